The highest BCUT2D eigenvalue weighted by atomic mass is 31.2. The van der Waals surface area contributed by atoms with Crippen molar-refractivity contribution < 1.29 is 80.2 Å². The number of ether oxygens (including phenoxy) is 4. The lowest BCUT2D eigenvalue weighted by atomic mass is 10.1. The maximum absolute atomic E-state index is 13.1. The first-order chi connectivity index (χ1) is 50.7. The van der Waals surface area contributed by atoms with E-state index in [1.54, 1.807) is 0 Å². The molecule has 596 valence electrons. The van der Waals surface area contributed by atoms with Gasteiger partial charge in [-0.2, -0.15) is 0 Å². The summed E-state index contributed by atoms with van der Waals surface area (Å²) in [4.78, 5) is 73.0. The van der Waals surface area contributed by atoms with Crippen molar-refractivity contribution in [3.8, 4) is 0 Å². The summed E-state index contributed by atoms with van der Waals surface area (Å²) in [6.45, 7) is 4.59. The van der Waals surface area contributed by atoms with Gasteiger partial charge in [-0.15, -0.1) is 0 Å². The first-order valence-corrected chi connectivity index (χ1v) is 43.4. The average Bonchev–Trinajstić information content (AvgIpc) is 0.943. The van der Waals surface area contributed by atoms with Gasteiger partial charge in [0.1, 0.15) is 19.3 Å². The lowest BCUT2D eigenvalue weighted by Crippen LogP contribution is -2.30. The fourth-order valence-corrected chi connectivity index (χ4v) is 12.0. The number of phosphoric acid groups is 2. The first-order valence-electron chi connectivity index (χ1n) is 40.4. The number of unbranched alkanes of at least 4 members (excludes halogenated alkanes) is 27. The summed E-state index contributed by atoms with van der Waals surface area (Å²) in [7, 11) is -10.00. The average molecular weight is 1500 g/mol. The molecule has 0 spiro atoms. The number of hydrogen-bond acceptors (Lipinski definition) is 15. The van der Waals surface area contributed by atoms with Crippen LogP contribution < -0.4 is 0 Å². The number of carbonyl (C=O) groups is 4. The van der Waals surface area contributed by atoms with Crippen LogP contribution in [0.1, 0.15) is 323 Å². The fraction of sp³-hybridized carbons (Fsp3) is 0.694. The second kappa shape index (κ2) is 76.4. The molecule has 5 atom stereocenters. The molecule has 19 heteroatoms. The van der Waals surface area contributed by atoms with Crippen molar-refractivity contribution in [2.45, 2.75) is 341 Å². The Morgan fingerprint density at radius 3 is 0.856 bits per heavy atom. The molecule has 0 aromatic heterocycles. The Labute approximate surface area is 631 Å². The van der Waals surface area contributed by atoms with E-state index in [0.29, 0.717) is 32.1 Å². The molecule has 0 rings (SSSR count). The molecule has 0 aromatic rings. The van der Waals surface area contributed by atoms with Crippen LogP contribution in [0.25, 0.3) is 0 Å². The van der Waals surface area contributed by atoms with Gasteiger partial charge in [-0.05, 0) is 154 Å². The Morgan fingerprint density at radius 1 is 0.279 bits per heavy atom. The normalized spacial score (nSPS) is 14.6. The summed E-state index contributed by atoms with van der Waals surface area (Å²) in [5.74, 6) is -2.31. The Bertz CT molecular complexity index is 2490. The van der Waals surface area contributed by atoms with E-state index in [-0.39, 0.29) is 25.7 Å². The third-order valence-corrected chi connectivity index (χ3v) is 18.5. The predicted molar refractivity (Wildman–Crippen MR) is 427 cm³/mol. The lowest BCUT2D eigenvalue weighted by Gasteiger charge is -2.21. The van der Waals surface area contributed by atoms with Gasteiger partial charge in [0, 0.05) is 25.7 Å². The summed E-state index contributed by atoms with van der Waals surface area (Å²) in [5, 5.41) is 10.6. The molecular weight excluding hydrogens is 1350 g/mol. The highest BCUT2D eigenvalue weighted by Crippen LogP contribution is 2.45. The van der Waals surface area contributed by atoms with E-state index in [1.807, 2.05) is 18.2 Å². The SMILES string of the molecule is CC/C=C\C/C=C\C/C=C\C/C=C\C/C=C\C/C=C\CCC(=O)O[C@H](COC(=O)CCCCCCC/C=C\C/C=C\CCCCC)COP(=O)(O)OC[C@@H](O)COP(=O)(O)OC[C@@H](COC(=O)CCCCCCCCC/C=C\CCCCCC)OC(=O)CCCCCCC/C=C\C/C=C\CCCCC. The van der Waals surface area contributed by atoms with Crippen molar-refractivity contribution >= 4 is 39.5 Å². The molecule has 17 nitrogen and oxygen atoms in total. The zero-order chi connectivity index (χ0) is 76.0. The Morgan fingerprint density at radius 2 is 0.519 bits per heavy atom. The van der Waals surface area contributed by atoms with Crippen molar-refractivity contribution in [3.63, 3.8) is 0 Å². The topological polar surface area (TPSA) is 237 Å². The van der Waals surface area contributed by atoms with Crippen LogP contribution in [0.5, 0.6) is 0 Å². The number of rotatable bonds is 75. The second-order valence-electron chi connectivity index (χ2n) is 26.6. The number of aliphatic hydroxyl groups excluding tert-OH is 1. The molecule has 0 aliphatic heterocycles. The number of phosphoric ester groups is 2. The van der Waals surface area contributed by atoms with Crippen molar-refractivity contribution in [3.05, 3.63) is 134 Å². The number of allylic oxidation sites excluding steroid dienone is 22. The van der Waals surface area contributed by atoms with E-state index in [1.165, 1.54) is 77.0 Å². The molecule has 0 amide bonds. The molecule has 104 heavy (non-hydrogen) atoms. The Balaban J connectivity index is 5.46. The van der Waals surface area contributed by atoms with Gasteiger partial charge in [-0.25, -0.2) is 9.13 Å². The van der Waals surface area contributed by atoms with Crippen molar-refractivity contribution in [1.82, 2.24) is 0 Å². The molecule has 0 bridgehead atoms. The third kappa shape index (κ3) is 75.4. The van der Waals surface area contributed by atoms with Crippen LogP contribution in [0.2, 0.25) is 0 Å². The van der Waals surface area contributed by atoms with Crippen LogP contribution in [0.15, 0.2) is 134 Å². The maximum atomic E-state index is 13.1. The van der Waals surface area contributed by atoms with E-state index >= 15 is 0 Å². The lowest BCUT2D eigenvalue weighted by molar-refractivity contribution is -0.161. The van der Waals surface area contributed by atoms with Crippen molar-refractivity contribution in [2.24, 2.45) is 0 Å². The fourth-order valence-electron chi connectivity index (χ4n) is 10.4. The third-order valence-electron chi connectivity index (χ3n) is 16.6. The number of esters is 4. The summed E-state index contributed by atoms with van der Waals surface area (Å²) >= 11 is 0. The molecule has 0 radical (unpaired) electrons. The van der Waals surface area contributed by atoms with E-state index in [9.17, 15) is 43.2 Å². The van der Waals surface area contributed by atoms with Crippen LogP contribution in [0.3, 0.4) is 0 Å². The van der Waals surface area contributed by atoms with Gasteiger partial charge in [-0.3, -0.25) is 37.3 Å². The largest absolute Gasteiger partial charge is 0.472 e. The van der Waals surface area contributed by atoms with Gasteiger partial charge in [-0.1, -0.05) is 277 Å². The molecule has 3 N–H and O–H groups in total. The van der Waals surface area contributed by atoms with Gasteiger partial charge >= 0.3 is 39.5 Å². The van der Waals surface area contributed by atoms with Crippen LogP contribution >= 0.6 is 15.6 Å². The summed E-state index contributed by atoms with van der Waals surface area (Å²) < 4.78 is 68.5. The number of aliphatic hydroxyl groups is 1. The minimum absolute atomic E-state index is 0.0365. The molecule has 2 unspecified atom stereocenters. The van der Waals surface area contributed by atoms with Crippen LogP contribution in [0, 0.1) is 0 Å². The zero-order valence-electron chi connectivity index (χ0n) is 65.2. The van der Waals surface area contributed by atoms with Gasteiger partial charge < -0.3 is 33.8 Å². The highest BCUT2D eigenvalue weighted by molar-refractivity contribution is 7.47. The minimum atomic E-state index is -5.01. The molecule has 0 fully saturated rings. The van der Waals surface area contributed by atoms with Gasteiger partial charge in [0.2, 0.25) is 0 Å². The van der Waals surface area contributed by atoms with Crippen LogP contribution in [0.4, 0.5) is 0 Å². The second-order valence-corrected chi connectivity index (χ2v) is 29.5. The summed E-state index contributed by atoms with van der Waals surface area (Å²) in [6.07, 6.45) is 85.8. The van der Waals surface area contributed by atoms with E-state index in [2.05, 4.69) is 143 Å². The van der Waals surface area contributed by atoms with Crippen LogP contribution in [-0.2, 0) is 65.4 Å². The summed E-state index contributed by atoms with van der Waals surface area (Å²) in [6, 6.07) is 0. The number of carbonyl (C=O) groups excluding carboxylic acids is 4. The van der Waals surface area contributed by atoms with Gasteiger partial charge in [0.05, 0.1) is 26.4 Å². The molecule has 0 aliphatic carbocycles. The maximum Gasteiger partial charge on any atom is 0.472 e. The predicted octanol–water partition coefficient (Wildman–Crippen LogP) is 23.7. The Hall–Kier alpha value is -4.80. The standard InChI is InChI=1S/C85H144O17P2/c1-5-9-13-17-21-25-29-33-37-38-39-40-44-48-52-56-60-64-68-72-85(90)102-81(76-96-83(88)70-66-62-58-54-50-46-42-35-31-27-23-19-15-11-7-3)78-100-104(93,94)98-74-79(86)73-97-103(91,92)99-77-80(101-84(89)71-67-63-59-55-51-47-43-36-32-28-24-20-16-12-8-4)75-95-82(87)69-65-61-57-53-49-45-41-34-30-26-22-18-14-10-6-2/h9,13,21,23-28,30,33,35-37,39-40,42-43,48,52,60,64,79-81,86H,5-8,10-12,14-20,22,29,31-32,34,38,41,44-47,49-51,53-59,61-63,65-78H2,1-4H3,(H,91,92)(H,93,94)/b13-9-,25-21-,27-23-,28-24-,30-26-,37-33-,40-39-,42-35-,43-36-,52-48-,64-60-/t79-,80+,81+/m0/s1. The summed E-state index contributed by atoms with van der Waals surface area (Å²) in [5.41, 5.74) is 0. The molecule has 0 saturated carbocycles. The van der Waals surface area contributed by atoms with Gasteiger partial charge in [0.25, 0.3) is 0 Å². The minimum Gasteiger partial charge on any atom is -0.462 e. The Kier molecular flexibility index (Phi) is 72.9. The zero-order valence-corrected chi connectivity index (χ0v) is 66.9. The molecule has 0 aromatic carbocycles. The molecule has 0 saturated heterocycles. The highest BCUT2D eigenvalue weighted by Gasteiger charge is 2.30. The quantitative estimate of drug-likeness (QED) is 0.0169. The molecule has 0 aliphatic rings. The van der Waals surface area contributed by atoms with E-state index in [4.69, 9.17) is 37.0 Å². The van der Waals surface area contributed by atoms with Crippen LogP contribution in [-0.4, -0.2) is 96.7 Å². The number of hydrogen-bond donors (Lipinski definition) is 3. The first kappa shape index (κ1) is 99.2. The van der Waals surface area contributed by atoms with Gasteiger partial charge in [0.15, 0.2) is 12.2 Å². The molecule has 0 heterocycles. The van der Waals surface area contributed by atoms with E-state index < -0.39 is 97.5 Å². The van der Waals surface area contributed by atoms with Crippen molar-refractivity contribution in [2.75, 3.05) is 39.6 Å². The monoisotopic (exact) mass is 1500 g/mol. The molecular formula is C85H144O17P2. The van der Waals surface area contributed by atoms with Crippen molar-refractivity contribution in [1.29, 1.82) is 0 Å². The van der Waals surface area contributed by atoms with E-state index in [0.717, 1.165) is 161 Å². The smallest absolute Gasteiger partial charge is 0.462 e.